The molecule has 0 unspecified atom stereocenters. The fourth-order valence-electron chi connectivity index (χ4n) is 2.15. The van der Waals surface area contributed by atoms with Gasteiger partial charge in [0, 0.05) is 33.8 Å². The zero-order chi connectivity index (χ0) is 17.0. The average molecular weight is 344 g/mol. The Bertz CT molecular complexity index is 657. The van der Waals surface area contributed by atoms with Crippen molar-refractivity contribution in [2.24, 2.45) is 0 Å². The van der Waals surface area contributed by atoms with E-state index in [1.807, 2.05) is 0 Å². The van der Waals surface area contributed by atoms with Gasteiger partial charge in [0.2, 0.25) is 0 Å². The molecule has 9 heteroatoms. The van der Waals surface area contributed by atoms with Crippen molar-refractivity contribution in [1.29, 1.82) is 0 Å². The van der Waals surface area contributed by atoms with Crippen molar-refractivity contribution in [2.45, 2.75) is 12.6 Å². The fourth-order valence-corrected chi connectivity index (χ4v) is 3.57. The van der Waals surface area contributed by atoms with Crippen LogP contribution in [-0.4, -0.2) is 68.1 Å². The van der Waals surface area contributed by atoms with Crippen molar-refractivity contribution in [1.82, 2.24) is 8.61 Å². The molecule has 1 N–H and O–H groups in total. The van der Waals surface area contributed by atoms with Gasteiger partial charge in [0.05, 0.1) is 6.10 Å². The van der Waals surface area contributed by atoms with Crippen LogP contribution in [0.2, 0.25) is 0 Å². The summed E-state index contributed by atoms with van der Waals surface area (Å²) in [5, 5.41) is 8.60. The van der Waals surface area contributed by atoms with Crippen molar-refractivity contribution in [3.63, 3.8) is 0 Å². The SMILES string of the molecule is COC1CN(S(=O)(=O)N(C)Cc2cccc(OCC(=O)O)c2)C1. The van der Waals surface area contributed by atoms with E-state index in [0.29, 0.717) is 24.4 Å². The van der Waals surface area contributed by atoms with E-state index in [-0.39, 0.29) is 12.6 Å². The smallest absolute Gasteiger partial charge is 0.341 e. The largest absolute Gasteiger partial charge is 0.482 e. The first-order chi connectivity index (χ1) is 10.8. The highest BCUT2D eigenvalue weighted by Gasteiger charge is 2.38. The number of hydrogen-bond acceptors (Lipinski definition) is 5. The topological polar surface area (TPSA) is 96.4 Å². The predicted molar refractivity (Wildman–Crippen MR) is 82.3 cm³/mol. The van der Waals surface area contributed by atoms with Crippen molar-refractivity contribution in [2.75, 3.05) is 33.9 Å². The molecule has 1 heterocycles. The summed E-state index contributed by atoms with van der Waals surface area (Å²) in [6, 6.07) is 6.70. The van der Waals surface area contributed by atoms with Crippen LogP contribution >= 0.6 is 0 Å². The number of nitrogens with zero attached hydrogens (tertiary/aromatic N) is 2. The van der Waals surface area contributed by atoms with Gasteiger partial charge >= 0.3 is 5.97 Å². The standard InChI is InChI=1S/C14H20N2O6S/c1-15(23(19,20)16-8-13(9-16)21-2)7-11-4-3-5-12(6-11)22-10-14(17)18/h3-6,13H,7-10H2,1-2H3,(H,17,18). The number of hydrogen-bond donors (Lipinski definition) is 1. The Morgan fingerprint density at radius 1 is 1.43 bits per heavy atom. The molecular weight excluding hydrogens is 324 g/mol. The van der Waals surface area contributed by atoms with E-state index in [9.17, 15) is 13.2 Å². The molecule has 8 nitrogen and oxygen atoms in total. The molecule has 1 fully saturated rings. The number of ether oxygens (including phenoxy) is 2. The molecule has 0 radical (unpaired) electrons. The van der Waals surface area contributed by atoms with Gasteiger partial charge in [-0.2, -0.15) is 17.0 Å². The lowest BCUT2D eigenvalue weighted by Crippen LogP contribution is -2.57. The number of rotatable bonds is 8. The second-order valence-corrected chi connectivity index (χ2v) is 7.30. The zero-order valence-corrected chi connectivity index (χ0v) is 13.8. The zero-order valence-electron chi connectivity index (χ0n) is 13.0. The molecule has 0 atom stereocenters. The molecule has 128 valence electrons. The summed E-state index contributed by atoms with van der Waals surface area (Å²) in [4.78, 5) is 10.5. The van der Waals surface area contributed by atoms with Crippen molar-refractivity contribution < 1.29 is 27.8 Å². The molecular formula is C14H20N2O6S. The molecule has 1 aromatic carbocycles. The molecule has 0 saturated carbocycles. The Morgan fingerprint density at radius 2 is 2.13 bits per heavy atom. The molecule has 2 rings (SSSR count). The normalized spacial score (nSPS) is 16.3. The highest BCUT2D eigenvalue weighted by Crippen LogP contribution is 2.21. The molecule has 23 heavy (non-hydrogen) atoms. The number of aliphatic carboxylic acids is 1. The van der Waals surface area contributed by atoms with Crippen molar-refractivity contribution >= 4 is 16.2 Å². The summed E-state index contributed by atoms with van der Waals surface area (Å²) in [5.41, 5.74) is 0.711. The Hall–Kier alpha value is -1.68. The first kappa shape index (κ1) is 17.7. The van der Waals surface area contributed by atoms with Gasteiger partial charge < -0.3 is 14.6 Å². The first-order valence-corrected chi connectivity index (χ1v) is 8.40. The molecule has 1 aliphatic heterocycles. The highest BCUT2D eigenvalue weighted by molar-refractivity contribution is 7.86. The minimum absolute atomic E-state index is 0.0501. The molecule has 1 aliphatic rings. The number of carboxylic acids is 1. The molecule has 1 saturated heterocycles. The summed E-state index contributed by atoms with van der Waals surface area (Å²) in [6.07, 6.45) is -0.0501. The van der Waals surface area contributed by atoms with Crippen LogP contribution < -0.4 is 4.74 Å². The Balaban J connectivity index is 1.98. The van der Waals surface area contributed by atoms with Gasteiger partial charge in [-0.1, -0.05) is 12.1 Å². The molecule has 0 spiro atoms. The fraction of sp³-hybridized carbons (Fsp3) is 0.500. The van der Waals surface area contributed by atoms with Crippen LogP contribution in [0.15, 0.2) is 24.3 Å². The van der Waals surface area contributed by atoms with E-state index < -0.39 is 22.8 Å². The lowest BCUT2D eigenvalue weighted by Gasteiger charge is -2.38. The quantitative estimate of drug-likeness (QED) is 0.721. The van der Waals surface area contributed by atoms with Crippen molar-refractivity contribution in [3.8, 4) is 5.75 Å². The summed E-state index contributed by atoms with van der Waals surface area (Å²) in [7, 11) is -0.474. The van der Waals surface area contributed by atoms with Crippen LogP contribution in [0.3, 0.4) is 0 Å². The van der Waals surface area contributed by atoms with Crippen LogP contribution in [0, 0.1) is 0 Å². The molecule has 1 aromatic rings. The van der Waals surface area contributed by atoms with Gasteiger partial charge in [0.25, 0.3) is 10.2 Å². The Kier molecular flexibility index (Phi) is 5.58. The number of carbonyl (C=O) groups is 1. The number of carboxylic acid groups (broad SMARTS) is 1. The van der Waals surface area contributed by atoms with Crippen LogP contribution in [-0.2, 0) is 26.3 Å². The lowest BCUT2D eigenvalue weighted by atomic mass is 10.2. The lowest BCUT2D eigenvalue weighted by molar-refractivity contribution is -0.139. The van der Waals surface area contributed by atoms with Gasteiger partial charge in [0.15, 0.2) is 6.61 Å². The molecule has 0 aromatic heterocycles. The van der Waals surface area contributed by atoms with Gasteiger partial charge in [-0.3, -0.25) is 0 Å². The predicted octanol–water partition coefficient (Wildman–Crippen LogP) is 0.157. The number of methoxy groups -OCH3 is 1. The molecule has 0 aliphatic carbocycles. The summed E-state index contributed by atoms with van der Waals surface area (Å²) in [5.74, 6) is -0.681. The molecule has 0 bridgehead atoms. The Labute approximate surface area is 135 Å². The highest BCUT2D eigenvalue weighted by atomic mass is 32.2. The van der Waals surface area contributed by atoms with Crippen molar-refractivity contribution in [3.05, 3.63) is 29.8 Å². The van der Waals surface area contributed by atoms with Gasteiger partial charge in [-0.05, 0) is 17.7 Å². The summed E-state index contributed by atoms with van der Waals surface area (Å²) < 4.78 is 37.5. The van der Waals surface area contributed by atoms with Crippen LogP contribution in [0.25, 0.3) is 0 Å². The van der Waals surface area contributed by atoms with Crippen LogP contribution in [0.4, 0.5) is 0 Å². The summed E-state index contributed by atoms with van der Waals surface area (Å²) in [6.45, 7) is 0.431. The third-order valence-corrected chi connectivity index (χ3v) is 5.40. The molecule has 0 amide bonds. The summed E-state index contributed by atoms with van der Waals surface area (Å²) >= 11 is 0. The van der Waals surface area contributed by atoms with Gasteiger partial charge in [0.1, 0.15) is 5.75 Å². The third-order valence-electron chi connectivity index (χ3n) is 3.53. The minimum Gasteiger partial charge on any atom is -0.482 e. The van der Waals surface area contributed by atoms with E-state index in [4.69, 9.17) is 14.6 Å². The van der Waals surface area contributed by atoms with Crippen LogP contribution in [0.5, 0.6) is 5.75 Å². The van der Waals surface area contributed by atoms with Gasteiger partial charge in [-0.25, -0.2) is 4.79 Å². The Morgan fingerprint density at radius 3 is 2.74 bits per heavy atom. The minimum atomic E-state index is -3.53. The second kappa shape index (κ2) is 7.26. The van der Waals surface area contributed by atoms with E-state index in [1.165, 1.54) is 15.7 Å². The monoisotopic (exact) mass is 344 g/mol. The van der Waals surface area contributed by atoms with E-state index >= 15 is 0 Å². The van der Waals surface area contributed by atoms with Crippen LogP contribution in [0.1, 0.15) is 5.56 Å². The maximum absolute atomic E-state index is 12.4. The maximum atomic E-state index is 12.4. The van der Waals surface area contributed by atoms with E-state index in [0.717, 1.165) is 0 Å². The average Bonchev–Trinajstić information content (AvgIpc) is 2.44. The first-order valence-electron chi connectivity index (χ1n) is 7.00. The maximum Gasteiger partial charge on any atom is 0.341 e. The van der Waals surface area contributed by atoms with E-state index in [1.54, 1.807) is 31.4 Å². The van der Waals surface area contributed by atoms with Gasteiger partial charge in [-0.15, -0.1) is 0 Å². The number of benzene rings is 1. The second-order valence-electron chi connectivity index (χ2n) is 5.27. The van der Waals surface area contributed by atoms with E-state index in [2.05, 4.69) is 0 Å². The third kappa shape index (κ3) is 4.41.